The summed E-state index contributed by atoms with van der Waals surface area (Å²) in [6.45, 7) is 0. The van der Waals surface area contributed by atoms with Crippen LogP contribution in [0.25, 0.3) is 0 Å². The highest BCUT2D eigenvalue weighted by molar-refractivity contribution is 5.95. The van der Waals surface area contributed by atoms with Crippen molar-refractivity contribution in [3.8, 4) is 5.75 Å². The number of benzene rings is 2. The predicted octanol–water partition coefficient (Wildman–Crippen LogP) is 4.16. The Kier molecular flexibility index (Phi) is 4.25. The first kappa shape index (κ1) is 15.7. The molecule has 4 nitrogen and oxygen atoms in total. The van der Waals surface area contributed by atoms with Gasteiger partial charge in [0.15, 0.2) is 0 Å². The standard InChI is InChI=1S/C15H12F3NO3/c1-22-11-5-3-10(4-6-11)19-13-7-2-9(15(16,17)18)8-12(13)14(20)21/h2-8,19H,1H3,(H,20,21). The van der Waals surface area contributed by atoms with Gasteiger partial charge in [-0.1, -0.05) is 0 Å². The zero-order chi connectivity index (χ0) is 16.3. The molecule has 0 aliphatic carbocycles. The van der Waals surface area contributed by atoms with Crippen molar-refractivity contribution < 1.29 is 27.8 Å². The summed E-state index contributed by atoms with van der Waals surface area (Å²) in [7, 11) is 1.50. The first-order valence-electron chi connectivity index (χ1n) is 6.17. The highest BCUT2D eigenvalue weighted by Crippen LogP contribution is 2.33. The number of anilines is 2. The minimum absolute atomic E-state index is 0.0747. The summed E-state index contributed by atoms with van der Waals surface area (Å²) in [6, 6.07) is 9.08. The van der Waals surface area contributed by atoms with Crippen LogP contribution in [0.15, 0.2) is 42.5 Å². The molecule has 0 spiro atoms. The summed E-state index contributed by atoms with van der Waals surface area (Å²) in [5.41, 5.74) is -0.857. The third-order valence-corrected chi connectivity index (χ3v) is 2.95. The number of alkyl halides is 3. The number of carboxylic acids is 1. The molecule has 0 aliphatic rings. The lowest BCUT2D eigenvalue weighted by Crippen LogP contribution is -2.09. The van der Waals surface area contributed by atoms with E-state index in [0.717, 1.165) is 12.1 Å². The monoisotopic (exact) mass is 311 g/mol. The van der Waals surface area contributed by atoms with E-state index in [-0.39, 0.29) is 5.69 Å². The van der Waals surface area contributed by atoms with Crippen molar-refractivity contribution in [1.29, 1.82) is 0 Å². The van der Waals surface area contributed by atoms with E-state index in [2.05, 4.69) is 5.32 Å². The fourth-order valence-electron chi connectivity index (χ4n) is 1.84. The Morgan fingerprint density at radius 3 is 2.27 bits per heavy atom. The van der Waals surface area contributed by atoms with Crippen LogP contribution in [0.5, 0.6) is 5.75 Å². The van der Waals surface area contributed by atoms with Gasteiger partial charge in [-0.15, -0.1) is 0 Å². The lowest BCUT2D eigenvalue weighted by molar-refractivity contribution is -0.137. The Morgan fingerprint density at radius 2 is 1.77 bits per heavy atom. The normalized spacial score (nSPS) is 11.1. The number of rotatable bonds is 4. The second kappa shape index (κ2) is 5.97. The maximum absolute atomic E-state index is 12.6. The van der Waals surface area contributed by atoms with Gasteiger partial charge in [0, 0.05) is 5.69 Å². The molecular weight excluding hydrogens is 299 g/mol. The third kappa shape index (κ3) is 3.49. The average molecular weight is 311 g/mol. The minimum Gasteiger partial charge on any atom is -0.497 e. The van der Waals surface area contributed by atoms with E-state index in [0.29, 0.717) is 17.5 Å². The lowest BCUT2D eigenvalue weighted by atomic mass is 10.1. The van der Waals surface area contributed by atoms with Gasteiger partial charge in [0.25, 0.3) is 0 Å². The molecule has 2 N–H and O–H groups in total. The largest absolute Gasteiger partial charge is 0.497 e. The molecule has 2 rings (SSSR count). The van der Waals surface area contributed by atoms with Gasteiger partial charge in [-0.3, -0.25) is 0 Å². The molecule has 116 valence electrons. The quantitative estimate of drug-likeness (QED) is 0.890. The molecule has 0 aromatic heterocycles. The van der Waals surface area contributed by atoms with Crippen molar-refractivity contribution >= 4 is 17.3 Å². The minimum atomic E-state index is -4.59. The zero-order valence-corrected chi connectivity index (χ0v) is 11.4. The van der Waals surface area contributed by atoms with Crippen LogP contribution < -0.4 is 10.1 Å². The number of aromatic carboxylic acids is 1. The van der Waals surface area contributed by atoms with Crippen LogP contribution in [-0.4, -0.2) is 18.2 Å². The van der Waals surface area contributed by atoms with E-state index >= 15 is 0 Å². The van der Waals surface area contributed by atoms with Crippen LogP contribution in [-0.2, 0) is 6.18 Å². The number of nitrogens with one attached hydrogen (secondary N) is 1. The highest BCUT2D eigenvalue weighted by atomic mass is 19.4. The van der Waals surface area contributed by atoms with Crippen LogP contribution in [0.1, 0.15) is 15.9 Å². The Labute approximate surface area is 124 Å². The first-order chi connectivity index (χ1) is 10.3. The topological polar surface area (TPSA) is 58.6 Å². The SMILES string of the molecule is COc1ccc(Nc2ccc(C(F)(F)F)cc2C(=O)O)cc1. The van der Waals surface area contributed by atoms with Crippen LogP contribution in [0, 0.1) is 0 Å². The van der Waals surface area contributed by atoms with E-state index in [1.54, 1.807) is 24.3 Å². The number of carbonyl (C=O) groups is 1. The molecule has 2 aromatic rings. The second-order valence-electron chi connectivity index (χ2n) is 4.42. The number of halogens is 3. The molecule has 0 bridgehead atoms. The number of ether oxygens (including phenoxy) is 1. The predicted molar refractivity (Wildman–Crippen MR) is 74.7 cm³/mol. The lowest BCUT2D eigenvalue weighted by Gasteiger charge is -2.13. The third-order valence-electron chi connectivity index (χ3n) is 2.95. The molecule has 2 aromatic carbocycles. The Balaban J connectivity index is 2.35. The van der Waals surface area contributed by atoms with Gasteiger partial charge < -0.3 is 15.2 Å². The summed E-state index contributed by atoms with van der Waals surface area (Å²) >= 11 is 0. The maximum Gasteiger partial charge on any atom is 0.416 e. The van der Waals surface area contributed by atoms with Crippen LogP contribution in [0.2, 0.25) is 0 Å². The first-order valence-corrected chi connectivity index (χ1v) is 6.17. The van der Waals surface area contributed by atoms with E-state index in [9.17, 15) is 18.0 Å². The Bertz CT molecular complexity index is 681. The molecule has 0 heterocycles. The summed E-state index contributed by atoms with van der Waals surface area (Å²) in [6.07, 6.45) is -4.59. The molecule has 0 fully saturated rings. The number of carboxylic acid groups (broad SMARTS) is 1. The van der Waals surface area contributed by atoms with Crippen LogP contribution in [0.4, 0.5) is 24.5 Å². The summed E-state index contributed by atoms with van der Waals surface area (Å²) < 4.78 is 42.9. The molecule has 22 heavy (non-hydrogen) atoms. The number of methoxy groups -OCH3 is 1. The van der Waals surface area contributed by atoms with Gasteiger partial charge in [0.2, 0.25) is 0 Å². The van der Waals surface area contributed by atoms with Crippen molar-refractivity contribution in [3.05, 3.63) is 53.6 Å². The van der Waals surface area contributed by atoms with Crippen LogP contribution >= 0.6 is 0 Å². The van der Waals surface area contributed by atoms with E-state index in [1.165, 1.54) is 7.11 Å². The summed E-state index contributed by atoms with van der Waals surface area (Å²) in [4.78, 5) is 11.2. The zero-order valence-electron chi connectivity index (χ0n) is 11.4. The van der Waals surface area contributed by atoms with Crippen molar-refractivity contribution in [2.75, 3.05) is 12.4 Å². The molecule has 0 radical (unpaired) electrons. The van der Waals surface area contributed by atoms with Crippen molar-refractivity contribution in [3.63, 3.8) is 0 Å². The second-order valence-corrected chi connectivity index (χ2v) is 4.42. The molecule has 0 aliphatic heterocycles. The van der Waals surface area contributed by atoms with E-state index in [4.69, 9.17) is 9.84 Å². The van der Waals surface area contributed by atoms with Crippen LogP contribution in [0.3, 0.4) is 0 Å². The van der Waals surface area contributed by atoms with Gasteiger partial charge in [0.1, 0.15) is 5.75 Å². The van der Waals surface area contributed by atoms with Gasteiger partial charge in [0.05, 0.1) is 23.9 Å². The highest BCUT2D eigenvalue weighted by Gasteiger charge is 2.31. The van der Waals surface area contributed by atoms with Crippen molar-refractivity contribution in [2.24, 2.45) is 0 Å². The average Bonchev–Trinajstić information content (AvgIpc) is 2.47. The summed E-state index contributed by atoms with van der Waals surface area (Å²) in [5, 5.41) is 11.9. The van der Waals surface area contributed by atoms with E-state index < -0.39 is 23.3 Å². The number of hydrogen-bond acceptors (Lipinski definition) is 3. The molecule has 0 atom stereocenters. The van der Waals surface area contributed by atoms with Crippen molar-refractivity contribution in [1.82, 2.24) is 0 Å². The Hall–Kier alpha value is -2.70. The summed E-state index contributed by atoms with van der Waals surface area (Å²) in [5.74, 6) is -0.835. The van der Waals surface area contributed by atoms with Crippen molar-refractivity contribution in [2.45, 2.75) is 6.18 Å². The molecule has 0 unspecified atom stereocenters. The maximum atomic E-state index is 12.6. The fourth-order valence-corrected chi connectivity index (χ4v) is 1.84. The smallest absolute Gasteiger partial charge is 0.416 e. The van der Waals surface area contributed by atoms with Gasteiger partial charge in [-0.05, 0) is 42.5 Å². The molecule has 0 amide bonds. The molecule has 7 heteroatoms. The van der Waals surface area contributed by atoms with Gasteiger partial charge in [-0.25, -0.2) is 4.79 Å². The molecular formula is C15H12F3NO3. The Morgan fingerprint density at radius 1 is 1.14 bits per heavy atom. The van der Waals surface area contributed by atoms with Gasteiger partial charge >= 0.3 is 12.1 Å². The number of hydrogen-bond donors (Lipinski definition) is 2. The molecule has 0 saturated carbocycles. The fraction of sp³-hybridized carbons (Fsp3) is 0.133. The van der Waals surface area contributed by atoms with Gasteiger partial charge in [-0.2, -0.15) is 13.2 Å². The van der Waals surface area contributed by atoms with E-state index in [1.807, 2.05) is 0 Å². The molecule has 0 saturated heterocycles.